The van der Waals surface area contributed by atoms with E-state index in [1.165, 1.54) is 24.4 Å². The van der Waals surface area contributed by atoms with Crippen LogP contribution < -0.4 is 5.32 Å². The second-order valence-electron chi connectivity index (χ2n) is 10.3. The molecule has 9 nitrogen and oxygen atoms in total. The van der Waals surface area contributed by atoms with Crippen LogP contribution in [0.1, 0.15) is 62.7 Å². The van der Waals surface area contributed by atoms with Gasteiger partial charge in [0.25, 0.3) is 0 Å². The lowest BCUT2D eigenvalue weighted by Crippen LogP contribution is -2.30. The highest BCUT2D eigenvalue weighted by Crippen LogP contribution is 2.37. The molecule has 3 N–H and O–H groups in total. The highest BCUT2D eigenvalue weighted by atomic mass is 35.5. The second-order valence-corrected chi connectivity index (χ2v) is 10.8. The van der Waals surface area contributed by atoms with Crippen LogP contribution in [-0.2, 0) is 6.54 Å². The minimum absolute atomic E-state index is 0.115. The Morgan fingerprint density at radius 1 is 1.18 bits per heavy atom. The third-order valence-electron chi connectivity index (χ3n) is 7.46. The number of hydrogen-bond donors (Lipinski definition) is 3. The molecule has 1 fully saturated rings. The third-order valence-corrected chi connectivity index (χ3v) is 7.67. The van der Waals surface area contributed by atoms with Gasteiger partial charge in [-0.15, -0.1) is 0 Å². The van der Waals surface area contributed by atoms with Gasteiger partial charge in [0.15, 0.2) is 17.3 Å². The van der Waals surface area contributed by atoms with Gasteiger partial charge >= 0.3 is 6.09 Å². The summed E-state index contributed by atoms with van der Waals surface area (Å²) in [6.07, 6.45) is 5.70. The quantitative estimate of drug-likeness (QED) is 0.183. The molecule has 1 aliphatic carbocycles. The van der Waals surface area contributed by atoms with Gasteiger partial charge in [0.1, 0.15) is 28.7 Å². The average molecular weight is 568 g/mol. The van der Waals surface area contributed by atoms with Crippen LogP contribution in [0.25, 0.3) is 22.4 Å². The maximum absolute atomic E-state index is 14.9. The zero-order chi connectivity index (χ0) is 28.6. The molecule has 1 saturated carbocycles. The van der Waals surface area contributed by atoms with Crippen LogP contribution in [0.4, 0.5) is 13.6 Å². The molecule has 40 heavy (non-hydrogen) atoms. The molecule has 1 atom stereocenters. The number of imidazole rings is 1. The Balaban J connectivity index is 1.76. The van der Waals surface area contributed by atoms with Crippen LogP contribution >= 0.6 is 11.6 Å². The first-order valence-corrected chi connectivity index (χ1v) is 13.4. The van der Waals surface area contributed by atoms with Gasteiger partial charge in [0.2, 0.25) is 0 Å². The lowest BCUT2D eigenvalue weighted by molar-refractivity contribution is 0.200. The molecule has 0 spiro atoms. The summed E-state index contributed by atoms with van der Waals surface area (Å²) >= 11 is 6.25. The normalized spacial score (nSPS) is 18.0. The van der Waals surface area contributed by atoms with Crippen molar-refractivity contribution in [2.24, 2.45) is 11.8 Å². The zero-order valence-corrected chi connectivity index (χ0v) is 22.7. The summed E-state index contributed by atoms with van der Waals surface area (Å²) in [7, 11) is 0. The number of amidine groups is 1. The van der Waals surface area contributed by atoms with E-state index in [-0.39, 0.29) is 17.0 Å². The number of carboxylic acid groups (broad SMARTS) is 1. The smallest absolute Gasteiger partial charge is 0.410 e. The number of halogens is 3. The molecular weight excluding hydrogens is 540 g/mol. The Labute approximate surface area is 234 Å². The number of benzene rings is 1. The number of hydrogen-bond acceptors (Lipinski definition) is 6. The topological polar surface area (TPSA) is 130 Å². The number of carbonyl (C=O) groups is 1. The molecule has 1 aromatic carbocycles. The van der Waals surface area contributed by atoms with Crippen LogP contribution in [0, 0.1) is 28.9 Å². The fourth-order valence-corrected chi connectivity index (χ4v) is 5.58. The summed E-state index contributed by atoms with van der Waals surface area (Å²) in [6.45, 7) is 4.44. The Morgan fingerprint density at radius 2 is 1.88 bits per heavy atom. The average Bonchev–Trinajstić information content (AvgIpc) is 3.27. The van der Waals surface area contributed by atoms with Gasteiger partial charge in [0.05, 0.1) is 5.02 Å². The maximum Gasteiger partial charge on any atom is 0.410 e. The largest absolute Gasteiger partial charge is 0.465 e. The van der Waals surface area contributed by atoms with Crippen LogP contribution in [0.15, 0.2) is 36.7 Å². The first kappa shape index (κ1) is 27.6. The van der Waals surface area contributed by atoms with Crippen LogP contribution in [-0.4, -0.2) is 41.5 Å². The molecule has 208 valence electrons. The third kappa shape index (κ3) is 5.51. The Hall–Kier alpha value is -3.99. The van der Waals surface area contributed by atoms with E-state index in [0.29, 0.717) is 46.0 Å². The molecule has 0 radical (unpaired) electrons. The first-order valence-electron chi connectivity index (χ1n) is 13.0. The molecule has 0 saturated heterocycles. The standard InChI is InChI=1S/C28H28ClF2N7O2/c1-14-6-8-16(9-7-14)13-38-23-22(17-10-18(29)12-33-11-17)34-26(24(32)35-28(39)40)36-25(23)37-27(38)15(2)21-19(30)4-3-5-20(21)31/h3-5,10-12,14-16H,6-9,13H2,1-2H3,(H2,32,35)(H,39,40)/t14-,15?,16-. The van der Waals surface area contributed by atoms with Crippen LogP contribution in [0.3, 0.4) is 0 Å². The fraction of sp³-hybridized carbons (Fsp3) is 0.357. The van der Waals surface area contributed by atoms with E-state index in [1.54, 1.807) is 19.2 Å². The van der Waals surface area contributed by atoms with Crippen molar-refractivity contribution in [1.82, 2.24) is 29.8 Å². The highest BCUT2D eigenvalue weighted by molar-refractivity contribution is 6.30. The van der Waals surface area contributed by atoms with E-state index in [0.717, 1.165) is 25.7 Å². The molecule has 1 amide bonds. The SMILES string of the molecule is CC(c1c(F)cccc1F)c1nc2nc(C(=N)NC(=O)O)nc(-c3cncc(Cl)c3)c2n1C[C@H]1CC[C@H](C)CC1. The summed E-state index contributed by atoms with van der Waals surface area (Å²) in [4.78, 5) is 29.1. The molecule has 3 heterocycles. The van der Waals surface area contributed by atoms with Gasteiger partial charge in [0, 0.05) is 36.0 Å². The summed E-state index contributed by atoms with van der Waals surface area (Å²) in [5.41, 5.74) is 1.37. The Morgan fingerprint density at radius 3 is 2.52 bits per heavy atom. The number of aromatic nitrogens is 5. The molecule has 5 rings (SSSR count). The predicted octanol–water partition coefficient (Wildman–Crippen LogP) is 6.39. The molecule has 12 heteroatoms. The van der Waals surface area contributed by atoms with E-state index < -0.39 is 29.5 Å². The maximum atomic E-state index is 14.9. The van der Waals surface area contributed by atoms with Crippen molar-refractivity contribution in [1.29, 1.82) is 5.41 Å². The van der Waals surface area contributed by atoms with Gasteiger partial charge in [-0.3, -0.25) is 15.7 Å². The van der Waals surface area contributed by atoms with Crippen molar-refractivity contribution in [3.8, 4) is 11.3 Å². The summed E-state index contributed by atoms with van der Waals surface area (Å²) in [5.74, 6) is -1.60. The van der Waals surface area contributed by atoms with Gasteiger partial charge in [-0.25, -0.2) is 28.5 Å². The van der Waals surface area contributed by atoms with Crippen LogP contribution in [0.5, 0.6) is 0 Å². The van der Waals surface area contributed by atoms with Crippen molar-refractivity contribution in [2.45, 2.75) is 52.0 Å². The lowest BCUT2D eigenvalue weighted by Gasteiger charge is -2.28. The molecular formula is C28H28ClF2N7O2. The Bertz CT molecular complexity index is 1580. The molecule has 0 bridgehead atoms. The number of fused-ring (bicyclic) bond motifs is 1. The number of amides is 1. The summed E-state index contributed by atoms with van der Waals surface area (Å²) in [5, 5.41) is 19.7. The van der Waals surface area contributed by atoms with Gasteiger partial charge < -0.3 is 9.67 Å². The number of pyridine rings is 1. The highest BCUT2D eigenvalue weighted by Gasteiger charge is 2.29. The van der Waals surface area contributed by atoms with Crippen molar-refractivity contribution in [2.75, 3.05) is 0 Å². The molecule has 0 aliphatic heterocycles. The molecule has 3 aromatic heterocycles. The number of rotatable bonds is 6. The molecule has 4 aromatic rings. The monoisotopic (exact) mass is 567 g/mol. The lowest BCUT2D eigenvalue weighted by atomic mass is 9.83. The van der Waals surface area contributed by atoms with E-state index in [2.05, 4.69) is 21.9 Å². The van der Waals surface area contributed by atoms with Crippen molar-refractivity contribution in [3.05, 3.63) is 70.5 Å². The second kappa shape index (κ2) is 11.2. The fourth-order valence-electron chi connectivity index (χ4n) is 5.41. The number of nitrogens with zero attached hydrogens (tertiary/aromatic N) is 5. The van der Waals surface area contributed by atoms with Crippen molar-refractivity contribution in [3.63, 3.8) is 0 Å². The van der Waals surface area contributed by atoms with Gasteiger partial charge in [-0.05, 0) is 42.9 Å². The molecule has 1 unspecified atom stereocenters. The van der Waals surface area contributed by atoms with E-state index in [1.807, 2.05) is 9.88 Å². The number of nitrogens with one attached hydrogen (secondary N) is 2. The minimum atomic E-state index is -1.44. The van der Waals surface area contributed by atoms with E-state index in [4.69, 9.17) is 27.1 Å². The van der Waals surface area contributed by atoms with Crippen molar-refractivity contribution >= 4 is 34.7 Å². The summed E-state index contributed by atoms with van der Waals surface area (Å²) in [6, 6.07) is 5.39. The van der Waals surface area contributed by atoms with Crippen molar-refractivity contribution < 1.29 is 18.7 Å². The minimum Gasteiger partial charge on any atom is -0.465 e. The molecule has 1 aliphatic rings. The predicted molar refractivity (Wildman–Crippen MR) is 147 cm³/mol. The first-order chi connectivity index (χ1) is 19.1. The van der Waals surface area contributed by atoms with E-state index >= 15 is 0 Å². The van der Waals surface area contributed by atoms with Gasteiger partial charge in [-0.1, -0.05) is 44.4 Å². The van der Waals surface area contributed by atoms with E-state index in [9.17, 15) is 13.6 Å². The Kier molecular flexibility index (Phi) is 7.75. The van der Waals surface area contributed by atoms with Gasteiger partial charge in [-0.2, -0.15) is 0 Å². The summed E-state index contributed by atoms with van der Waals surface area (Å²) < 4.78 is 31.8. The van der Waals surface area contributed by atoms with Crippen LogP contribution in [0.2, 0.25) is 5.02 Å². The zero-order valence-electron chi connectivity index (χ0n) is 22.0.